The highest BCUT2D eigenvalue weighted by atomic mass is 35.5. The molecule has 2 aromatic rings. The molecule has 0 aliphatic heterocycles. The van der Waals surface area contributed by atoms with Crippen LogP contribution in [0.3, 0.4) is 0 Å². The second kappa shape index (κ2) is 9.74. The SMILES string of the molecule is CCCNC(=O)CSc1nnc(SCc2c(Cl)cccc2Cl)s1. The Hall–Kier alpha value is -0.470. The molecule has 0 saturated carbocycles. The van der Waals surface area contributed by atoms with Crippen LogP contribution in [0.15, 0.2) is 26.9 Å². The summed E-state index contributed by atoms with van der Waals surface area (Å²) >= 11 is 16.7. The van der Waals surface area contributed by atoms with Gasteiger partial charge in [-0.05, 0) is 24.1 Å². The minimum atomic E-state index is 0.0177. The first-order valence-electron chi connectivity index (χ1n) is 6.88. The van der Waals surface area contributed by atoms with E-state index in [0.29, 0.717) is 28.1 Å². The first-order valence-corrected chi connectivity index (χ1v) is 10.4. The van der Waals surface area contributed by atoms with Gasteiger partial charge >= 0.3 is 0 Å². The van der Waals surface area contributed by atoms with Crippen molar-refractivity contribution in [3.05, 3.63) is 33.8 Å². The summed E-state index contributed by atoms with van der Waals surface area (Å²) in [5, 5.41) is 12.3. The highest BCUT2D eigenvalue weighted by Crippen LogP contribution is 2.34. The molecule has 2 rings (SSSR count). The summed E-state index contributed by atoms with van der Waals surface area (Å²) in [4.78, 5) is 11.6. The lowest BCUT2D eigenvalue weighted by atomic mass is 10.2. The molecule has 1 heterocycles. The molecule has 0 bridgehead atoms. The van der Waals surface area contributed by atoms with Gasteiger partial charge in [-0.25, -0.2) is 0 Å². The molecule has 0 atom stereocenters. The van der Waals surface area contributed by atoms with E-state index in [1.165, 1.54) is 34.9 Å². The number of carbonyl (C=O) groups is 1. The number of carbonyl (C=O) groups excluding carboxylic acids is 1. The third-order valence-electron chi connectivity index (χ3n) is 2.69. The summed E-state index contributed by atoms with van der Waals surface area (Å²) in [5.74, 6) is 1.01. The van der Waals surface area contributed by atoms with Gasteiger partial charge in [0.05, 0.1) is 5.75 Å². The van der Waals surface area contributed by atoms with E-state index in [9.17, 15) is 4.79 Å². The molecule has 1 N–H and O–H groups in total. The topological polar surface area (TPSA) is 54.9 Å². The molecular weight excluding hydrogens is 393 g/mol. The normalized spacial score (nSPS) is 10.7. The molecule has 0 unspecified atom stereocenters. The Labute approximate surface area is 157 Å². The van der Waals surface area contributed by atoms with Gasteiger partial charge in [0.1, 0.15) is 0 Å². The quantitative estimate of drug-likeness (QED) is 0.639. The van der Waals surface area contributed by atoms with E-state index >= 15 is 0 Å². The Morgan fingerprint density at radius 2 is 1.87 bits per heavy atom. The van der Waals surface area contributed by atoms with E-state index in [1.807, 2.05) is 25.1 Å². The van der Waals surface area contributed by atoms with Crippen LogP contribution in [0.4, 0.5) is 0 Å². The second-order valence-electron chi connectivity index (χ2n) is 4.46. The number of rotatable bonds is 8. The van der Waals surface area contributed by atoms with Gasteiger partial charge in [-0.15, -0.1) is 10.2 Å². The summed E-state index contributed by atoms with van der Waals surface area (Å²) < 4.78 is 1.61. The monoisotopic (exact) mass is 407 g/mol. The van der Waals surface area contributed by atoms with Crippen molar-refractivity contribution in [1.82, 2.24) is 15.5 Å². The van der Waals surface area contributed by atoms with Crippen LogP contribution in [0.1, 0.15) is 18.9 Å². The molecule has 0 aliphatic rings. The lowest BCUT2D eigenvalue weighted by molar-refractivity contribution is -0.118. The zero-order valence-corrected chi connectivity index (χ0v) is 16.3. The van der Waals surface area contributed by atoms with Gasteiger partial charge in [0.15, 0.2) is 8.68 Å². The Kier molecular flexibility index (Phi) is 7.98. The molecule has 0 saturated heterocycles. The van der Waals surface area contributed by atoms with Crippen LogP contribution in [-0.2, 0) is 10.5 Å². The van der Waals surface area contributed by atoms with Crippen molar-refractivity contribution in [2.75, 3.05) is 12.3 Å². The Bertz CT molecular complexity index is 646. The minimum Gasteiger partial charge on any atom is -0.355 e. The van der Waals surface area contributed by atoms with E-state index in [1.54, 1.807) is 0 Å². The number of hydrogen-bond acceptors (Lipinski definition) is 6. The summed E-state index contributed by atoms with van der Waals surface area (Å²) in [6.45, 7) is 2.72. The zero-order valence-electron chi connectivity index (χ0n) is 12.3. The molecule has 1 aromatic heterocycles. The lowest BCUT2D eigenvalue weighted by Gasteiger charge is -2.04. The number of benzene rings is 1. The standard InChI is InChI=1S/C14H15Cl2N3OS3/c1-2-6-17-12(20)8-22-14-19-18-13(23-14)21-7-9-10(15)4-3-5-11(9)16/h3-5H,2,6-8H2,1H3,(H,17,20). The molecule has 1 amide bonds. The van der Waals surface area contributed by atoms with Gasteiger partial charge < -0.3 is 5.32 Å². The van der Waals surface area contributed by atoms with Gasteiger partial charge in [0.25, 0.3) is 0 Å². The van der Waals surface area contributed by atoms with Crippen molar-refractivity contribution in [3.8, 4) is 0 Å². The highest BCUT2D eigenvalue weighted by molar-refractivity contribution is 8.03. The van der Waals surface area contributed by atoms with Crippen molar-refractivity contribution in [3.63, 3.8) is 0 Å². The van der Waals surface area contributed by atoms with Crippen molar-refractivity contribution < 1.29 is 4.79 Å². The highest BCUT2D eigenvalue weighted by Gasteiger charge is 2.11. The summed E-state index contributed by atoms with van der Waals surface area (Å²) in [6.07, 6.45) is 0.931. The number of thioether (sulfide) groups is 2. The van der Waals surface area contributed by atoms with Crippen molar-refractivity contribution in [2.24, 2.45) is 0 Å². The largest absolute Gasteiger partial charge is 0.355 e. The third kappa shape index (κ3) is 6.15. The molecular formula is C14H15Cl2N3OS3. The van der Waals surface area contributed by atoms with E-state index in [0.717, 1.165) is 20.7 Å². The van der Waals surface area contributed by atoms with Gasteiger partial charge in [0, 0.05) is 22.3 Å². The Balaban J connectivity index is 1.84. The Morgan fingerprint density at radius 3 is 2.52 bits per heavy atom. The smallest absolute Gasteiger partial charge is 0.230 e. The molecule has 9 heteroatoms. The summed E-state index contributed by atoms with van der Waals surface area (Å²) in [6, 6.07) is 5.46. The lowest BCUT2D eigenvalue weighted by Crippen LogP contribution is -2.25. The molecule has 0 aliphatic carbocycles. The summed E-state index contributed by atoms with van der Waals surface area (Å²) in [7, 11) is 0. The first kappa shape index (κ1) is 18.9. The van der Waals surface area contributed by atoms with Crippen LogP contribution < -0.4 is 5.32 Å². The number of aromatic nitrogens is 2. The van der Waals surface area contributed by atoms with Crippen LogP contribution in [0.25, 0.3) is 0 Å². The minimum absolute atomic E-state index is 0.0177. The summed E-state index contributed by atoms with van der Waals surface area (Å²) in [5.41, 5.74) is 0.893. The Morgan fingerprint density at radius 1 is 1.22 bits per heavy atom. The number of hydrogen-bond donors (Lipinski definition) is 1. The average molecular weight is 408 g/mol. The van der Waals surface area contributed by atoms with Crippen molar-refractivity contribution in [1.29, 1.82) is 0 Å². The molecule has 4 nitrogen and oxygen atoms in total. The van der Waals surface area contributed by atoms with Crippen LogP contribution in [-0.4, -0.2) is 28.4 Å². The molecule has 0 radical (unpaired) electrons. The molecule has 23 heavy (non-hydrogen) atoms. The van der Waals surface area contributed by atoms with Crippen LogP contribution in [0.5, 0.6) is 0 Å². The predicted molar refractivity (Wildman–Crippen MR) is 100.0 cm³/mol. The van der Waals surface area contributed by atoms with E-state index in [2.05, 4.69) is 15.5 Å². The van der Waals surface area contributed by atoms with Crippen LogP contribution >= 0.6 is 58.1 Å². The number of amides is 1. The molecule has 0 fully saturated rings. The second-order valence-corrected chi connectivity index (χ2v) is 8.70. The maximum atomic E-state index is 11.6. The molecule has 1 aromatic carbocycles. The zero-order chi connectivity index (χ0) is 16.7. The predicted octanol–water partition coefficient (Wildman–Crippen LogP) is 4.76. The van der Waals surface area contributed by atoms with Crippen molar-refractivity contribution >= 4 is 64.0 Å². The van der Waals surface area contributed by atoms with Crippen LogP contribution in [0, 0.1) is 0 Å². The van der Waals surface area contributed by atoms with E-state index in [4.69, 9.17) is 23.2 Å². The third-order valence-corrected chi connectivity index (χ3v) is 6.61. The molecule has 0 spiro atoms. The molecule has 124 valence electrons. The van der Waals surface area contributed by atoms with Gasteiger partial charge in [0.2, 0.25) is 5.91 Å². The number of nitrogens with zero attached hydrogens (tertiary/aromatic N) is 2. The fourth-order valence-electron chi connectivity index (χ4n) is 1.56. The van der Waals surface area contributed by atoms with E-state index in [-0.39, 0.29) is 5.91 Å². The number of nitrogens with one attached hydrogen (secondary N) is 1. The van der Waals surface area contributed by atoms with Crippen molar-refractivity contribution in [2.45, 2.75) is 27.8 Å². The van der Waals surface area contributed by atoms with Gasteiger partial charge in [-0.3, -0.25) is 4.79 Å². The first-order chi connectivity index (χ1) is 11.1. The fraction of sp³-hybridized carbons (Fsp3) is 0.357. The number of halogens is 2. The van der Waals surface area contributed by atoms with Gasteiger partial charge in [-0.2, -0.15) is 0 Å². The maximum absolute atomic E-state index is 11.6. The van der Waals surface area contributed by atoms with Crippen LogP contribution in [0.2, 0.25) is 10.0 Å². The average Bonchev–Trinajstić information content (AvgIpc) is 2.98. The maximum Gasteiger partial charge on any atom is 0.230 e. The van der Waals surface area contributed by atoms with E-state index < -0.39 is 0 Å². The fourth-order valence-corrected chi connectivity index (χ4v) is 5.15. The van der Waals surface area contributed by atoms with Gasteiger partial charge in [-0.1, -0.05) is 71.1 Å².